The molecule has 0 radical (unpaired) electrons. The number of hydrogen-bond donors (Lipinski definition) is 1. The number of carbonyl (C=O) groups is 1. The second kappa shape index (κ2) is 12.5. The third-order valence-corrected chi connectivity index (χ3v) is 8.88. The number of ether oxygens (including phenoxy) is 2. The van der Waals surface area contributed by atoms with Crippen molar-refractivity contribution < 1.29 is 14.3 Å². The summed E-state index contributed by atoms with van der Waals surface area (Å²) in [6, 6.07) is 7.67. The van der Waals surface area contributed by atoms with E-state index in [-0.39, 0.29) is 35.4 Å². The van der Waals surface area contributed by atoms with Gasteiger partial charge in [0, 0.05) is 17.9 Å². The molecular formula is C28H47ClN2O3. The topological polar surface area (TPSA) is 50.8 Å². The first kappa shape index (κ1) is 28.8. The second-order valence-corrected chi connectivity index (χ2v) is 10.8. The van der Waals surface area contributed by atoms with Crippen LogP contribution in [0.2, 0.25) is 0 Å². The third-order valence-electron chi connectivity index (χ3n) is 8.88. The molecule has 0 spiro atoms. The minimum atomic E-state index is -0.365. The fourth-order valence-electron chi connectivity index (χ4n) is 6.39. The maximum Gasteiger partial charge on any atom is 0.412 e. The Labute approximate surface area is 213 Å². The monoisotopic (exact) mass is 494 g/mol. The van der Waals surface area contributed by atoms with Crippen molar-refractivity contribution in [2.24, 2.45) is 22.7 Å². The fraction of sp³-hybridized carbons (Fsp3) is 0.750. The van der Waals surface area contributed by atoms with Gasteiger partial charge in [0.05, 0.1) is 12.3 Å². The largest absolute Gasteiger partial charge is 0.491 e. The Morgan fingerprint density at radius 2 is 1.79 bits per heavy atom. The predicted molar refractivity (Wildman–Crippen MR) is 143 cm³/mol. The van der Waals surface area contributed by atoms with Gasteiger partial charge < -0.3 is 14.4 Å². The second-order valence-electron chi connectivity index (χ2n) is 10.8. The third kappa shape index (κ3) is 5.84. The molecule has 2 aliphatic carbocycles. The van der Waals surface area contributed by atoms with Crippen LogP contribution in [-0.2, 0) is 4.74 Å². The van der Waals surface area contributed by atoms with Crippen molar-refractivity contribution in [3.05, 3.63) is 24.3 Å². The zero-order chi connectivity index (χ0) is 24.1. The van der Waals surface area contributed by atoms with Gasteiger partial charge in [0.2, 0.25) is 0 Å². The Morgan fingerprint density at radius 3 is 2.47 bits per heavy atom. The Kier molecular flexibility index (Phi) is 10.6. The normalized spacial score (nSPS) is 26.9. The highest BCUT2D eigenvalue weighted by Crippen LogP contribution is 2.68. The van der Waals surface area contributed by atoms with E-state index < -0.39 is 0 Å². The van der Waals surface area contributed by atoms with Gasteiger partial charge in [-0.25, -0.2) is 4.79 Å². The van der Waals surface area contributed by atoms with Crippen molar-refractivity contribution in [3.8, 4) is 5.75 Å². The van der Waals surface area contributed by atoms with E-state index in [4.69, 9.17) is 9.47 Å². The molecule has 0 heterocycles. The average Bonchev–Trinajstić information content (AvgIpc) is 3.11. The van der Waals surface area contributed by atoms with E-state index in [0.29, 0.717) is 29.9 Å². The van der Waals surface area contributed by atoms with Crippen LogP contribution in [0, 0.1) is 22.7 Å². The lowest BCUT2D eigenvalue weighted by molar-refractivity contribution is -0.0258. The van der Waals surface area contributed by atoms with Gasteiger partial charge in [0.25, 0.3) is 0 Å². The van der Waals surface area contributed by atoms with E-state index in [0.717, 1.165) is 32.5 Å². The first-order chi connectivity index (χ1) is 15.8. The molecule has 5 nitrogen and oxygen atoms in total. The minimum absolute atomic E-state index is 0. The SMILES string of the molecule is CCCCCCOc1ccccc1NC(=O)O[C@H]1[C@H](CN(CC)CC)[C@@H]2CC[C@@]1(C)C2(C)C.Cl. The van der Waals surface area contributed by atoms with Crippen molar-refractivity contribution in [3.63, 3.8) is 0 Å². The lowest BCUT2D eigenvalue weighted by atomic mass is 9.70. The lowest BCUT2D eigenvalue weighted by Gasteiger charge is -2.40. The summed E-state index contributed by atoms with van der Waals surface area (Å²) in [7, 11) is 0. The molecule has 0 aliphatic heterocycles. The smallest absolute Gasteiger partial charge is 0.412 e. The van der Waals surface area contributed by atoms with Crippen LogP contribution in [-0.4, -0.2) is 43.3 Å². The molecule has 6 heteroatoms. The summed E-state index contributed by atoms with van der Waals surface area (Å²) in [5, 5.41) is 3.00. The number of hydrogen-bond acceptors (Lipinski definition) is 4. The predicted octanol–water partition coefficient (Wildman–Crippen LogP) is 7.40. The summed E-state index contributed by atoms with van der Waals surface area (Å²) in [6.07, 6.45) is 6.53. The summed E-state index contributed by atoms with van der Waals surface area (Å²) in [6.45, 7) is 17.4. The van der Waals surface area contributed by atoms with Crippen molar-refractivity contribution >= 4 is 24.2 Å². The molecule has 0 aromatic heterocycles. The van der Waals surface area contributed by atoms with Crippen molar-refractivity contribution in [1.29, 1.82) is 0 Å². The Balaban J connectivity index is 0.00000408. The number of anilines is 1. The number of para-hydroxylation sites is 2. The molecule has 34 heavy (non-hydrogen) atoms. The molecule has 2 aliphatic rings. The molecule has 2 fully saturated rings. The van der Waals surface area contributed by atoms with Crippen LogP contribution in [0.5, 0.6) is 5.75 Å². The highest BCUT2D eigenvalue weighted by atomic mass is 35.5. The summed E-state index contributed by atoms with van der Waals surface area (Å²) in [5.74, 6) is 1.67. The Hall–Kier alpha value is -1.46. The number of unbranched alkanes of at least 4 members (excludes halogenated alkanes) is 3. The van der Waals surface area contributed by atoms with Crippen LogP contribution in [0.4, 0.5) is 10.5 Å². The summed E-state index contributed by atoms with van der Waals surface area (Å²) in [4.78, 5) is 15.6. The van der Waals surface area contributed by atoms with Gasteiger partial charge >= 0.3 is 6.09 Å². The molecule has 4 atom stereocenters. The van der Waals surface area contributed by atoms with E-state index in [1.165, 1.54) is 25.7 Å². The molecule has 2 bridgehead atoms. The maximum absolute atomic E-state index is 13.1. The molecule has 194 valence electrons. The van der Waals surface area contributed by atoms with Crippen LogP contribution < -0.4 is 10.1 Å². The first-order valence-corrected chi connectivity index (χ1v) is 13.2. The summed E-state index contributed by atoms with van der Waals surface area (Å²) < 4.78 is 12.3. The van der Waals surface area contributed by atoms with Crippen molar-refractivity contribution in [1.82, 2.24) is 4.90 Å². The highest BCUT2D eigenvalue weighted by Gasteiger charge is 2.67. The molecule has 0 saturated heterocycles. The lowest BCUT2D eigenvalue weighted by Crippen LogP contribution is -2.45. The molecule has 2 saturated carbocycles. The van der Waals surface area contributed by atoms with E-state index in [2.05, 4.69) is 51.8 Å². The van der Waals surface area contributed by atoms with Crippen LogP contribution in [0.25, 0.3) is 0 Å². The van der Waals surface area contributed by atoms with Gasteiger partial charge in [-0.2, -0.15) is 0 Å². The molecule has 1 amide bonds. The number of rotatable bonds is 12. The quantitative estimate of drug-likeness (QED) is 0.307. The number of nitrogens with one attached hydrogen (secondary N) is 1. The van der Waals surface area contributed by atoms with Gasteiger partial charge in [-0.15, -0.1) is 12.4 Å². The number of benzene rings is 1. The van der Waals surface area contributed by atoms with Gasteiger partial charge in [-0.3, -0.25) is 5.32 Å². The summed E-state index contributed by atoms with van der Waals surface area (Å²) in [5.41, 5.74) is 0.850. The number of carbonyl (C=O) groups excluding carboxylic acids is 1. The average molecular weight is 495 g/mol. The van der Waals surface area contributed by atoms with Crippen molar-refractivity contribution in [2.45, 2.75) is 86.2 Å². The molecule has 3 rings (SSSR count). The zero-order valence-electron chi connectivity index (χ0n) is 22.2. The van der Waals surface area contributed by atoms with Crippen LogP contribution in [0.1, 0.15) is 80.1 Å². The van der Waals surface area contributed by atoms with Gasteiger partial charge in [-0.05, 0) is 55.8 Å². The van der Waals surface area contributed by atoms with Gasteiger partial charge in [0.15, 0.2) is 0 Å². The number of halogens is 1. The highest BCUT2D eigenvalue weighted by molar-refractivity contribution is 5.87. The number of amides is 1. The minimum Gasteiger partial charge on any atom is -0.491 e. The van der Waals surface area contributed by atoms with Crippen LogP contribution in [0.15, 0.2) is 24.3 Å². The summed E-state index contributed by atoms with van der Waals surface area (Å²) >= 11 is 0. The van der Waals surface area contributed by atoms with E-state index >= 15 is 0 Å². The number of fused-ring (bicyclic) bond motifs is 2. The molecule has 1 N–H and O–H groups in total. The van der Waals surface area contributed by atoms with E-state index in [1.54, 1.807) is 0 Å². The van der Waals surface area contributed by atoms with Crippen molar-refractivity contribution in [2.75, 3.05) is 31.6 Å². The molecule has 1 aromatic carbocycles. The maximum atomic E-state index is 13.1. The first-order valence-electron chi connectivity index (χ1n) is 13.2. The van der Waals surface area contributed by atoms with Gasteiger partial charge in [-0.1, -0.05) is 72.9 Å². The number of nitrogens with zero attached hydrogens (tertiary/aromatic N) is 1. The molecular weight excluding hydrogens is 448 g/mol. The fourth-order valence-corrected chi connectivity index (χ4v) is 6.39. The molecule has 0 unspecified atom stereocenters. The Morgan fingerprint density at radius 1 is 1.09 bits per heavy atom. The Bertz CT molecular complexity index is 783. The zero-order valence-corrected chi connectivity index (χ0v) is 23.0. The van der Waals surface area contributed by atoms with Gasteiger partial charge in [0.1, 0.15) is 11.9 Å². The molecule has 1 aromatic rings. The standard InChI is InChI=1S/C28H46N2O3.ClH/c1-7-10-11-14-19-32-24-16-13-12-15-23(24)29-26(31)33-25-21(20-30(8-2)9-3)22-17-18-28(25,6)27(22,4)5;/h12-13,15-16,21-22,25H,7-11,14,17-20H2,1-6H3,(H,29,31);1H/t21-,22+,25+,28-;/m1./s1. The van der Waals surface area contributed by atoms with Crippen LogP contribution >= 0.6 is 12.4 Å². The van der Waals surface area contributed by atoms with E-state index in [9.17, 15) is 4.79 Å². The van der Waals surface area contributed by atoms with E-state index in [1.807, 2.05) is 24.3 Å². The van der Waals surface area contributed by atoms with Crippen LogP contribution in [0.3, 0.4) is 0 Å².